The molecule has 0 amide bonds. The third kappa shape index (κ3) is 13.2. The average molecular weight is 719 g/mol. The van der Waals surface area contributed by atoms with Gasteiger partial charge in [-0.15, -0.1) is 0 Å². The third-order valence-electron chi connectivity index (χ3n) is 9.70. The van der Waals surface area contributed by atoms with Crippen LogP contribution < -0.4 is 0 Å². The summed E-state index contributed by atoms with van der Waals surface area (Å²) < 4.78 is 11.5. The van der Waals surface area contributed by atoms with E-state index in [1.807, 2.05) is 62.6 Å². The summed E-state index contributed by atoms with van der Waals surface area (Å²) in [4.78, 5) is 51.4. The molecule has 0 saturated heterocycles. The van der Waals surface area contributed by atoms with Crippen molar-refractivity contribution in [2.75, 3.05) is 40.4 Å². The van der Waals surface area contributed by atoms with Gasteiger partial charge in [0.1, 0.15) is 26.3 Å². The number of quaternary nitrogens is 1. The maximum Gasteiger partial charge on any atom is 0.338 e. The maximum atomic E-state index is 13.0. The van der Waals surface area contributed by atoms with E-state index in [4.69, 9.17) is 9.47 Å². The molecule has 4 aromatic carbocycles. The van der Waals surface area contributed by atoms with Gasteiger partial charge in [-0.2, -0.15) is 0 Å². The van der Waals surface area contributed by atoms with E-state index in [0.29, 0.717) is 51.0 Å². The number of likely N-dealkylation sites (N-methyl/N-ethyl adjacent to an activating group) is 1. The zero-order valence-electron chi connectivity index (χ0n) is 32.0. The summed E-state index contributed by atoms with van der Waals surface area (Å²) in [5.41, 5.74) is 5.51. The number of nitrogens with zero attached hydrogens (tertiary/aromatic N) is 1. The van der Waals surface area contributed by atoms with Crippen LogP contribution in [0.4, 0.5) is 0 Å². The number of rotatable bonds is 22. The first-order valence-corrected chi connectivity index (χ1v) is 19.2. The van der Waals surface area contributed by atoms with Crippen LogP contribution in [0.3, 0.4) is 0 Å². The normalized spacial score (nSPS) is 11.2. The molecule has 0 spiro atoms. The van der Waals surface area contributed by atoms with Crippen LogP contribution in [0.15, 0.2) is 97.1 Å². The van der Waals surface area contributed by atoms with Crippen molar-refractivity contribution in [1.29, 1.82) is 0 Å². The summed E-state index contributed by atoms with van der Waals surface area (Å²) >= 11 is 0. The fraction of sp³-hybridized carbons (Fsp3) is 0.391. The van der Waals surface area contributed by atoms with Gasteiger partial charge in [0.05, 0.1) is 25.2 Å². The number of ketones is 2. The number of benzene rings is 4. The van der Waals surface area contributed by atoms with Crippen LogP contribution in [0, 0.1) is 0 Å². The lowest BCUT2D eigenvalue weighted by Gasteiger charge is -2.29. The molecular formula is C46H56NO6+. The Labute approximate surface area is 315 Å². The lowest BCUT2D eigenvalue weighted by atomic mass is 9.99. The van der Waals surface area contributed by atoms with Gasteiger partial charge in [0.25, 0.3) is 0 Å². The van der Waals surface area contributed by atoms with Gasteiger partial charge in [0, 0.05) is 22.3 Å². The van der Waals surface area contributed by atoms with E-state index >= 15 is 0 Å². The van der Waals surface area contributed by atoms with Crippen molar-refractivity contribution in [2.24, 2.45) is 0 Å². The Morgan fingerprint density at radius 2 is 0.736 bits per heavy atom. The SMILES string of the molecule is CCCCCCc1ccc(C(=O)c2ccc(C(=O)OCC[N+](C)(C)CCOC(=O)c3ccc(C(=O)c4ccc(CCCCCC)cc4)cc3)cc2)cc1. The van der Waals surface area contributed by atoms with Crippen LogP contribution in [0.25, 0.3) is 0 Å². The van der Waals surface area contributed by atoms with E-state index in [-0.39, 0.29) is 24.8 Å². The Morgan fingerprint density at radius 3 is 1.06 bits per heavy atom. The summed E-state index contributed by atoms with van der Waals surface area (Å²) in [5.74, 6) is -1.09. The molecule has 4 aromatic rings. The van der Waals surface area contributed by atoms with Crippen LogP contribution in [-0.4, -0.2) is 68.4 Å². The van der Waals surface area contributed by atoms with Crippen LogP contribution in [0.1, 0.15) is 129 Å². The molecule has 4 rings (SSSR count). The highest BCUT2D eigenvalue weighted by Gasteiger charge is 2.19. The fourth-order valence-electron chi connectivity index (χ4n) is 6.06. The van der Waals surface area contributed by atoms with Crippen molar-refractivity contribution in [3.63, 3.8) is 0 Å². The molecule has 0 heterocycles. The maximum absolute atomic E-state index is 13.0. The molecular weight excluding hydrogens is 663 g/mol. The number of carbonyl (C=O) groups is 4. The van der Waals surface area contributed by atoms with Crippen molar-refractivity contribution >= 4 is 23.5 Å². The monoisotopic (exact) mass is 718 g/mol. The topological polar surface area (TPSA) is 86.7 Å². The van der Waals surface area contributed by atoms with Crippen molar-refractivity contribution in [3.05, 3.63) is 142 Å². The Kier molecular flexibility index (Phi) is 16.2. The predicted octanol–water partition coefficient (Wildman–Crippen LogP) is 9.48. The number of esters is 2. The molecule has 0 saturated carbocycles. The first-order chi connectivity index (χ1) is 25.6. The van der Waals surface area contributed by atoms with E-state index in [9.17, 15) is 19.2 Å². The summed E-state index contributed by atoms with van der Waals surface area (Å²) in [6, 6.07) is 28.7. The first kappa shape index (κ1) is 40.9. The molecule has 0 atom stereocenters. The Hall–Kier alpha value is -4.88. The van der Waals surface area contributed by atoms with Crippen molar-refractivity contribution in [1.82, 2.24) is 0 Å². The summed E-state index contributed by atoms with van der Waals surface area (Å²) in [6.07, 6.45) is 11.7. The van der Waals surface area contributed by atoms with E-state index in [1.165, 1.54) is 49.7 Å². The highest BCUT2D eigenvalue weighted by atomic mass is 16.5. The molecule has 7 heteroatoms. The predicted molar refractivity (Wildman–Crippen MR) is 211 cm³/mol. The Bertz CT molecular complexity index is 1630. The minimum Gasteiger partial charge on any atom is -0.456 e. The molecule has 0 N–H and O–H groups in total. The van der Waals surface area contributed by atoms with Gasteiger partial charge in [-0.3, -0.25) is 9.59 Å². The minimum absolute atomic E-state index is 0.0843. The highest BCUT2D eigenvalue weighted by Crippen LogP contribution is 2.17. The minimum atomic E-state index is -0.459. The van der Waals surface area contributed by atoms with Crippen LogP contribution >= 0.6 is 0 Å². The number of unbranched alkanes of at least 4 members (excludes halogenated alkanes) is 6. The summed E-state index contributed by atoms with van der Waals surface area (Å²) in [7, 11) is 3.95. The molecule has 0 aliphatic rings. The Balaban J connectivity index is 1.16. The van der Waals surface area contributed by atoms with Gasteiger partial charge in [-0.25, -0.2) is 9.59 Å². The van der Waals surface area contributed by atoms with Gasteiger partial charge in [-0.1, -0.05) is 125 Å². The standard InChI is InChI=1S/C46H56NO6/c1-5-7-9-11-13-35-15-19-37(20-16-35)43(48)39-23-27-41(28-24-39)45(50)52-33-31-47(3,4)32-34-53-46(51)42-29-25-40(26-30-42)44(49)38-21-17-36(18-22-38)14-12-10-8-6-2/h15-30H,5-14,31-34H2,1-4H3/q+1. The van der Waals surface area contributed by atoms with Gasteiger partial charge in [0.15, 0.2) is 11.6 Å². The zero-order chi connectivity index (χ0) is 38.1. The molecule has 0 unspecified atom stereocenters. The number of hydrogen-bond donors (Lipinski definition) is 0. The van der Waals surface area contributed by atoms with E-state index in [0.717, 1.165) is 25.7 Å². The number of carbonyl (C=O) groups excluding carboxylic acids is 4. The lowest BCUT2D eigenvalue weighted by Crippen LogP contribution is -2.45. The van der Waals surface area contributed by atoms with Gasteiger partial charge in [0.2, 0.25) is 0 Å². The lowest BCUT2D eigenvalue weighted by molar-refractivity contribution is -0.890. The third-order valence-corrected chi connectivity index (χ3v) is 9.70. The largest absolute Gasteiger partial charge is 0.456 e. The van der Waals surface area contributed by atoms with Gasteiger partial charge >= 0.3 is 11.9 Å². The molecule has 7 nitrogen and oxygen atoms in total. The smallest absolute Gasteiger partial charge is 0.338 e. The molecule has 280 valence electrons. The Morgan fingerprint density at radius 1 is 0.434 bits per heavy atom. The highest BCUT2D eigenvalue weighted by molar-refractivity contribution is 6.10. The quantitative estimate of drug-likeness (QED) is 0.0348. The molecule has 0 aromatic heterocycles. The first-order valence-electron chi connectivity index (χ1n) is 19.2. The molecule has 0 bridgehead atoms. The van der Waals surface area contributed by atoms with E-state index in [1.54, 1.807) is 48.5 Å². The second kappa shape index (κ2) is 21.0. The van der Waals surface area contributed by atoms with Gasteiger partial charge < -0.3 is 14.0 Å². The van der Waals surface area contributed by atoms with Gasteiger partial charge in [-0.05, 0) is 61.1 Å². The number of aryl methyl sites for hydroxylation is 2. The van der Waals surface area contributed by atoms with Crippen LogP contribution in [-0.2, 0) is 22.3 Å². The van der Waals surface area contributed by atoms with E-state index in [2.05, 4.69) is 13.8 Å². The fourth-order valence-corrected chi connectivity index (χ4v) is 6.06. The van der Waals surface area contributed by atoms with Crippen molar-refractivity contribution in [3.8, 4) is 0 Å². The number of ether oxygens (including phenoxy) is 2. The van der Waals surface area contributed by atoms with Crippen molar-refractivity contribution in [2.45, 2.75) is 78.1 Å². The molecule has 0 aliphatic heterocycles. The average Bonchev–Trinajstić information content (AvgIpc) is 3.18. The summed E-state index contributed by atoms with van der Waals surface area (Å²) in [6.45, 7) is 5.81. The van der Waals surface area contributed by atoms with Crippen molar-refractivity contribution < 1.29 is 33.1 Å². The molecule has 0 radical (unpaired) electrons. The second-order valence-corrected chi connectivity index (χ2v) is 14.5. The number of hydrogen-bond acceptors (Lipinski definition) is 6. The van der Waals surface area contributed by atoms with Crippen LogP contribution in [0.5, 0.6) is 0 Å². The zero-order valence-corrected chi connectivity index (χ0v) is 32.0. The summed E-state index contributed by atoms with van der Waals surface area (Å²) in [5, 5.41) is 0. The second-order valence-electron chi connectivity index (χ2n) is 14.5. The van der Waals surface area contributed by atoms with Crippen LogP contribution in [0.2, 0.25) is 0 Å². The molecule has 0 aliphatic carbocycles. The van der Waals surface area contributed by atoms with E-state index < -0.39 is 11.9 Å². The molecule has 0 fully saturated rings. The molecule has 53 heavy (non-hydrogen) atoms.